The number of rotatable bonds is 3. The molecule has 2 rings (SSSR count). The lowest BCUT2D eigenvalue weighted by molar-refractivity contribution is 0.429. The van der Waals surface area contributed by atoms with Crippen LogP contribution in [0.4, 0.5) is 0 Å². The summed E-state index contributed by atoms with van der Waals surface area (Å²) in [5, 5.41) is 3.46. The van der Waals surface area contributed by atoms with E-state index in [4.69, 9.17) is 4.52 Å². The van der Waals surface area contributed by atoms with Crippen molar-refractivity contribution in [2.45, 2.75) is 20.3 Å². The summed E-state index contributed by atoms with van der Waals surface area (Å²) in [5.74, 6) is 1.19. The molecule has 3 nitrogen and oxygen atoms in total. The van der Waals surface area contributed by atoms with Gasteiger partial charge in [-0.1, -0.05) is 31.1 Å². The summed E-state index contributed by atoms with van der Waals surface area (Å²) in [4.78, 5) is 3.87. The van der Waals surface area contributed by atoms with Gasteiger partial charge in [0.05, 0.1) is 0 Å². The number of nitrogens with zero attached hydrogens (tertiary/aromatic N) is 2. The van der Waals surface area contributed by atoms with Crippen molar-refractivity contribution in [3.63, 3.8) is 0 Å². The summed E-state index contributed by atoms with van der Waals surface area (Å²) in [5.41, 5.74) is 2.27. The Morgan fingerprint density at radius 3 is 2.53 bits per heavy atom. The molecular formula is C12H13N2O. The summed E-state index contributed by atoms with van der Waals surface area (Å²) in [6.07, 6.45) is 3.50. The highest BCUT2D eigenvalue weighted by Crippen LogP contribution is 2.17. The van der Waals surface area contributed by atoms with Gasteiger partial charge in [0.1, 0.15) is 0 Å². The third-order valence-corrected chi connectivity index (χ3v) is 2.17. The molecule has 1 aromatic carbocycles. The van der Waals surface area contributed by atoms with Crippen molar-refractivity contribution in [2.75, 3.05) is 0 Å². The topological polar surface area (TPSA) is 38.9 Å². The molecule has 0 bridgehead atoms. The van der Waals surface area contributed by atoms with Crippen LogP contribution in [-0.4, -0.2) is 10.1 Å². The predicted octanol–water partition coefficient (Wildman–Crippen LogP) is 2.74. The minimum Gasteiger partial charge on any atom is -0.333 e. The molecular weight excluding hydrogens is 188 g/mol. The van der Waals surface area contributed by atoms with Gasteiger partial charge in [0, 0.05) is 5.56 Å². The van der Waals surface area contributed by atoms with Gasteiger partial charge in [-0.05, 0) is 30.0 Å². The second kappa shape index (κ2) is 4.26. The molecule has 15 heavy (non-hydrogen) atoms. The fraction of sp³-hybridized carbons (Fsp3) is 0.333. The van der Waals surface area contributed by atoms with Gasteiger partial charge >= 0.3 is 0 Å². The van der Waals surface area contributed by atoms with Crippen molar-refractivity contribution in [3.05, 3.63) is 36.2 Å². The van der Waals surface area contributed by atoms with Gasteiger partial charge in [-0.15, -0.1) is 0 Å². The van der Waals surface area contributed by atoms with E-state index in [0.717, 1.165) is 12.0 Å². The van der Waals surface area contributed by atoms with Crippen LogP contribution in [0.2, 0.25) is 0 Å². The second-order valence-electron chi connectivity index (χ2n) is 3.99. The maximum Gasteiger partial charge on any atom is 0.258 e. The van der Waals surface area contributed by atoms with Crippen molar-refractivity contribution in [2.24, 2.45) is 5.92 Å². The SMILES string of the molecule is CC(C)Cc1ccc(-c2n[c]no2)cc1. The number of aromatic nitrogens is 2. The first-order chi connectivity index (χ1) is 7.25. The molecule has 3 heteroatoms. The maximum atomic E-state index is 4.92. The third-order valence-electron chi connectivity index (χ3n) is 2.17. The van der Waals surface area contributed by atoms with Crippen LogP contribution in [-0.2, 0) is 6.42 Å². The molecule has 0 saturated carbocycles. The largest absolute Gasteiger partial charge is 0.333 e. The minimum atomic E-state index is 0.520. The fourth-order valence-corrected chi connectivity index (χ4v) is 1.52. The van der Waals surface area contributed by atoms with Gasteiger partial charge in [-0.25, -0.2) is 0 Å². The van der Waals surface area contributed by atoms with E-state index in [1.54, 1.807) is 0 Å². The van der Waals surface area contributed by atoms with Crippen LogP contribution in [0.3, 0.4) is 0 Å². The van der Waals surface area contributed by atoms with E-state index in [9.17, 15) is 0 Å². The Bertz CT molecular complexity index is 404. The van der Waals surface area contributed by atoms with Crippen molar-refractivity contribution in [1.82, 2.24) is 10.1 Å². The second-order valence-corrected chi connectivity index (χ2v) is 3.99. The van der Waals surface area contributed by atoms with Crippen LogP contribution in [0, 0.1) is 12.2 Å². The summed E-state index contributed by atoms with van der Waals surface area (Å²) in [6, 6.07) is 8.19. The van der Waals surface area contributed by atoms with Crippen LogP contribution in [0.15, 0.2) is 28.8 Å². The van der Waals surface area contributed by atoms with E-state index in [0.29, 0.717) is 11.8 Å². The van der Waals surface area contributed by atoms with Crippen LogP contribution in [0.5, 0.6) is 0 Å². The predicted molar refractivity (Wildman–Crippen MR) is 57.1 cm³/mol. The molecule has 1 radical (unpaired) electrons. The van der Waals surface area contributed by atoms with E-state index in [1.807, 2.05) is 12.1 Å². The van der Waals surface area contributed by atoms with E-state index in [2.05, 4.69) is 42.4 Å². The van der Waals surface area contributed by atoms with Crippen molar-refractivity contribution >= 4 is 0 Å². The first-order valence-corrected chi connectivity index (χ1v) is 5.05. The summed E-state index contributed by atoms with van der Waals surface area (Å²) in [7, 11) is 0. The number of hydrogen-bond donors (Lipinski definition) is 0. The Hall–Kier alpha value is -1.64. The van der Waals surface area contributed by atoms with Crippen LogP contribution in [0.1, 0.15) is 19.4 Å². The van der Waals surface area contributed by atoms with E-state index < -0.39 is 0 Å². The van der Waals surface area contributed by atoms with Crippen molar-refractivity contribution in [1.29, 1.82) is 0 Å². The zero-order chi connectivity index (χ0) is 10.7. The van der Waals surface area contributed by atoms with Gasteiger partial charge in [0.25, 0.3) is 5.89 Å². The van der Waals surface area contributed by atoms with Crippen LogP contribution >= 0.6 is 0 Å². The molecule has 0 aliphatic heterocycles. The molecule has 0 aliphatic rings. The standard InChI is InChI=1S/C12H13N2O/c1-9(2)7-10-3-5-11(6-4-10)12-13-8-14-15-12/h3-6,9H,7H2,1-2H3. The molecule has 0 saturated heterocycles. The molecule has 0 unspecified atom stereocenters. The molecule has 77 valence electrons. The highest BCUT2D eigenvalue weighted by molar-refractivity contribution is 5.52. The average molecular weight is 201 g/mol. The molecule has 0 N–H and O–H groups in total. The van der Waals surface area contributed by atoms with Gasteiger partial charge in [-0.3, -0.25) is 0 Å². The van der Waals surface area contributed by atoms with Crippen molar-refractivity contribution < 1.29 is 4.52 Å². The Labute approximate surface area is 89.1 Å². The quantitative estimate of drug-likeness (QED) is 0.766. The van der Waals surface area contributed by atoms with E-state index in [-0.39, 0.29) is 0 Å². The van der Waals surface area contributed by atoms with Gasteiger partial charge < -0.3 is 4.52 Å². The zero-order valence-corrected chi connectivity index (χ0v) is 8.90. The molecule has 0 atom stereocenters. The Morgan fingerprint density at radius 2 is 2.00 bits per heavy atom. The molecule has 1 heterocycles. The monoisotopic (exact) mass is 201 g/mol. The molecule has 0 fully saturated rings. The zero-order valence-electron chi connectivity index (χ0n) is 8.90. The van der Waals surface area contributed by atoms with Gasteiger partial charge in [0.2, 0.25) is 6.33 Å². The summed E-state index contributed by atoms with van der Waals surface area (Å²) >= 11 is 0. The highest BCUT2D eigenvalue weighted by atomic mass is 16.5. The summed E-state index contributed by atoms with van der Waals surface area (Å²) in [6.45, 7) is 4.42. The molecule has 2 aromatic rings. The van der Waals surface area contributed by atoms with Crippen LogP contribution in [0.25, 0.3) is 11.5 Å². The van der Waals surface area contributed by atoms with Gasteiger partial charge in [0.15, 0.2) is 0 Å². The molecule has 0 amide bonds. The Morgan fingerprint density at radius 1 is 1.27 bits per heavy atom. The molecule has 0 spiro atoms. The van der Waals surface area contributed by atoms with E-state index in [1.165, 1.54) is 5.56 Å². The Balaban J connectivity index is 2.17. The minimum absolute atomic E-state index is 0.520. The normalized spacial score (nSPS) is 10.9. The molecule has 1 aromatic heterocycles. The fourth-order valence-electron chi connectivity index (χ4n) is 1.52. The highest BCUT2D eigenvalue weighted by Gasteiger charge is 2.04. The third kappa shape index (κ3) is 2.43. The first-order valence-electron chi connectivity index (χ1n) is 5.05. The molecule has 0 aliphatic carbocycles. The lowest BCUT2D eigenvalue weighted by atomic mass is 10.0. The summed E-state index contributed by atoms with van der Waals surface area (Å²) < 4.78 is 4.92. The van der Waals surface area contributed by atoms with Crippen LogP contribution < -0.4 is 0 Å². The maximum absolute atomic E-state index is 4.92. The number of benzene rings is 1. The lowest BCUT2D eigenvalue weighted by Gasteiger charge is -2.04. The Kier molecular flexibility index (Phi) is 2.81. The smallest absolute Gasteiger partial charge is 0.258 e. The van der Waals surface area contributed by atoms with E-state index >= 15 is 0 Å². The van der Waals surface area contributed by atoms with Crippen molar-refractivity contribution in [3.8, 4) is 11.5 Å². The average Bonchev–Trinajstić information content (AvgIpc) is 2.71. The first kappa shape index (κ1) is 9.90. The van der Waals surface area contributed by atoms with Gasteiger partial charge in [-0.2, -0.15) is 4.98 Å². The lowest BCUT2D eigenvalue weighted by Crippen LogP contribution is -1.93. The number of hydrogen-bond acceptors (Lipinski definition) is 3.